The monoisotopic (exact) mass is 283 g/mol. The molecule has 7 heteroatoms. The zero-order chi connectivity index (χ0) is 13.5. The molecule has 0 spiro atoms. The highest BCUT2D eigenvalue weighted by atomic mass is 32.2. The molecule has 104 valence electrons. The molecule has 0 saturated carbocycles. The first-order valence-electron chi connectivity index (χ1n) is 6.62. The van der Waals surface area contributed by atoms with Gasteiger partial charge in [-0.1, -0.05) is 0 Å². The maximum Gasteiger partial charge on any atom is 0.272 e. The van der Waals surface area contributed by atoms with Crippen LogP contribution in [0, 0.1) is 0 Å². The van der Waals surface area contributed by atoms with E-state index in [1.54, 1.807) is 0 Å². The van der Waals surface area contributed by atoms with Gasteiger partial charge in [0.15, 0.2) is 15.5 Å². The van der Waals surface area contributed by atoms with Crippen molar-refractivity contribution in [3.63, 3.8) is 0 Å². The zero-order valence-corrected chi connectivity index (χ0v) is 11.4. The molecule has 1 aliphatic heterocycles. The number of aromatic amines is 1. The van der Waals surface area contributed by atoms with Gasteiger partial charge in [-0.15, -0.1) is 0 Å². The topological polar surface area (TPSA) is 91.9 Å². The van der Waals surface area contributed by atoms with Crippen molar-refractivity contribution >= 4 is 15.7 Å². The molecule has 1 aliphatic carbocycles. The van der Waals surface area contributed by atoms with Crippen molar-refractivity contribution in [2.45, 2.75) is 38.1 Å². The predicted octanol–water partition coefficient (Wildman–Crippen LogP) is 0.205. The Hall–Kier alpha value is -1.37. The van der Waals surface area contributed by atoms with Gasteiger partial charge in [0, 0.05) is 17.3 Å². The summed E-state index contributed by atoms with van der Waals surface area (Å²) < 4.78 is 22.7. The number of fused-ring (bicyclic) bond motifs is 1. The van der Waals surface area contributed by atoms with Gasteiger partial charge < -0.3 is 5.32 Å². The number of rotatable bonds is 2. The van der Waals surface area contributed by atoms with E-state index in [4.69, 9.17) is 0 Å². The SMILES string of the molecule is O=C(N[C@H]1CCS(=O)(=O)C1)c1n[nH]c2c1CCCC2. The van der Waals surface area contributed by atoms with Crippen LogP contribution in [0.1, 0.15) is 41.0 Å². The summed E-state index contributed by atoms with van der Waals surface area (Å²) in [6.45, 7) is 0. The Morgan fingerprint density at radius 2 is 2.11 bits per heavy atom. The van der Waals surface area contributed by atoms with Gasteiger partial charge in [-0.25, -0.2) is 8.42 Å². The van der Waals surface area contributed by atoms with E-state index in [0.717, 1.165) is 36.9 Å². The third kappa shape index (κ3) is 2.51. The van der Waals surface area contributed by atoms with Gasteiger partial charge >= 0.3 is 0 Å². The lowest BCUT2D eigenvalue weighted by atomic mass is 9.95. The molecule has 0 aromatic carbocycles. The second-order valence-corrected chi connectivity index (χ2v) is 7.54. The van der Waals surface area contributed by atoms with Gasteiger partial charge in [-0.3, -0.25) is 9.89 Å². The first-order chi connectivity index (χ1) is 9.05. The van der Waals surface area contributed by atoms with Gasteiger partial charge in [-0.05, 0) is 32.1 Å². The average molecular weight is 283 g/mol. The molecule has 1 saturated heterocycles. The van der Waals surface area contributed by atoms with Crippen LogP contribution in [0.5, 0.6) is 0 Å². The standard InChI is InChI=1S/C12H17N3O3S/c16-12(13-8-5-6-19(17,18)7-8)11-9-3-1-2-4-10(9)14-15-11/h8H,1-7H2,(H,13,16)(H,14,15)/t8-/m0/s1. The van der Waals surface area contributed by atoms with Crippen molar-refractivity contribution in [2.75, 3.05) is 11.5 Å². The first kappa shape index (κ1) is 12.7. The molecule has 2 heterocycles. The summed E-state index contributed by atoms with van der Waals surface area (Å²) in [6, 6.07) is -0.270. The molecule has 1 amide bonds. The molecule has 1 aromatic heterocycles. The fourth-order valence-corrected chi connectivity index (χ4v) is 4.50. The molecule has 1 atom stereocenters. The van der Waals surface area contributed by atoms with Crippen LogP contribution in [0.4, 0.5) is 0 Å². The largest absolute Gasteiger partial charge is 0.347 e. The number of sulfone groups is 1. The van der Waals surface area contributed by atoms with Crippen LogP contribution < -0.4 is 5.32 Å². The van der Waals surface area contributed by atoms with E-state index in [0.29, 0.717) is 12.1 Å². The number of nitrogens with one attached hydrogen (secondary N) is 2. The van der Waals surface area contributed by atoms with Gasteiger partial charge in [0.2, 0.25) is 0 Å². The maximum absolute atomic E-state index is 12.2. The normalized spacial score (nSPS) is 24.9. The number of carbonyl (C=O) groups is 1. The third-order valence-corrected chi connectivity index (χ3v) is 5.61. The molecule has 2 N–H and O–H groups in total. The minimum absolute atomic E-state index is 0.0470. The van der Waals surface area contributed by atoms with Crippen molar-refractivity contribution in [1.29, 1.82) is 0 Å². The summed E-state index contributed by atoms with van der Waals surface area (Å²) >= 11 is 0. The number of H-pyrrole nitrogens is 1. The lowest BCUT2D eigenvalue weighted by Crippen LogP contribution is -2.36. The zero-order valence-electron chi connectivity index (χ0n) is 10.6. The van der Waals surface area contributed by atoms with Crippen molar-refractivity contribution < 1.29 is 13.2 Å². The molecule has 1 fully saturated rings. The molecule has 1 aromatic rings. The van der Waals surface area contributed by atoms with Gasteiger partial charge in [0.05, 0.1) is 11.5 Å². The smallest absolute Gasteiger partial charge is 0.272 e. The number of hydrogen-bond acceptors (Lipinski definition) is 4. The quantitative estimate of drug-likeness (QED) is 0.811. The molecular weight excluding hydrogens is 266 g/mol. The van der Waals surface area contributed by atoms with Gasteiger partial charge in [-0.2, -0.15) is 5.10 Å². The number of aromatic nitrogens is 2. The van der Waals surface area contributed by atoms with Crippen LogP contribution in [-0.2, 0) is 22.7 Å². The Labute approximate surface area is 111 Å². The summed E-state index contributed by atoms with van der Waals surface area (Å²) in [5.41, 5.74) is 2.50. The number of amides is 1. The fraction of sp³-hybridized carbons (Fsp3) is 0.667. The maximum atomic E-state index is 12.2. The second-order valence-electron chi connectivity index (χ2n) is 5.31. The van der Waals surface area contributed by atoms with Crippen LogP contribution in [-0.4, -0.2) is 42.1 Å². The molecule has 0 unspecified atom stereocenters. The minimum Gasteiger partial charge on any atom is -0.347 e. The summed E-state index contributed by atoms with van der Waals surface area (Å²) in [7, 11) is -2.97. The number of hydrogen-bond donors (Lipinski definition) is 2. The van der Waals surface area contributed by atoms with Crippen molar-refractivity contribution in [2.24, 2.45) is 0 Å². The van der Waals surface area contributed by atoms with E-state index in [-0.39, 0.29) is 23.5 Å². The van der Waals surface area contributed by atoms with E-state index in [2.05, 4.69) is 15.5 Å². The van der Waals surface area contributed by atoms with Crippen LogP contribution in [0.15, 0.2) is 0 Å². The average Bonchev–Trinajstić information content (AvgIpc) is 2.92. The Balaban J connectivity index is 1.73. The third-order valence-electron chi connectivity index (χ3n) is 3.84. The van der Waals surface area contributed by atoms with Crippen LogP contribution >= 0.6 is 0 Å². The Morgan fingerprint density at radius 3 is 2.84 bits per heavy atom. The van der Waals surface area contributed by atoms with Crippen molar-refractivity contribution in [3.05, 3.63) is 17.0 Å². The molecule has 3 rings (SSSR count). The van der Waals surface area contributed by atoms with Crippen molar-refractivity contribution in [3.8, 4) is 0 Å². The fourth-order valence-electron chi connectivity index (χ4n) is 2.83. The molecule has 0 bridgehead atoms. The highest BCUT2D eigenvalue weighted by molar-refractivity contribution is 7.91. The summed E-state index contributed by atoms with van der Waals surface area (Å²) in [6.07, 6.45) is 4.51. The van der Waals surface area contributed by atoms with E-state index < -0.39 is 9.84 Å². The number of nitrogens with zero attached hydrogens (tertiary/aromatic N) is 1. The minimum atomic E-state index is -2.97. The highest BCUT2D eigenvalue weighted by Gasteiger charge is 2.30. The molecule has 19 heavy (non-hydrogen) atoms. The lowest BCUT2D eigenvalue weighted by molar-refractivity contribution is 0.0935. The van der Waals surface area contributed by atoms with Crippen LogP contribution in [0.25, 0.3) is 0 Å². The molecule has 0 radical (unpaired) electrons. The number of aryl methyl sites for hydroxylation is 1. The van der Waals surface area contributed by atoms with E-state index >= 15 is 0 Å². The first-order valence-corrected chi connectivity index (χ1v) is 8.45. The van der Waals surface area contributed by atoms with Gasteiger partial charge in [0.25, 0.3) is 5.91 Å². The van der Waals surface area contributed by atoms with Crippen LogP contribution in [0.3, 0.4) is 0 Å². The summed E-state index contributed by atoms with van der Waals surface area (Å²) in [5, 5.41) is 9.80. The summed E-state index contributed by atoms with van der Waals surface area (Å²) in [4.78, 5) is 12.2. The van der Waals surface area contributed by atoms with E-state index in [1.807, 2.05) is 0 Å². The Morgan fingerprint density at radius 1 is 1.32 bits per heavy atom. The van der Waals surface area contributed by atoms with Crippen molar-refractivity contribution in [1.82, 2.24) is 15.5 Å². The molecule has 6 nitrogen and oxygen atoms in total. The highest BCUT2D eigenvalue weighted by Crippen LogP contribution is 2.22. The Bertz CT molecular complexity index is 606. The second kappa shape index (κ2) is 4.63. The lowest BCUT2D eigenvalue weighted by Gasteiger charge is -2.13. The number of carbonyl (C=O) groups excluding carboxylic acids is 1. The van der Waals surface area contributed by atoms with E-state index in [1.165, 1.54) is 0 Å². The molecular formula is C12H17N3O3S. The van der Waals surface area contributed by atoms with Gasteiger partial charge in [0.1, 0.15) is 0 Å². The van der Waals surface area contributed by atoms with Crippen LogP contribution in [0.2, 0.25) is 0 Å². The summed E-state index contributed by atoms with van der Waals surface area (Å²) in [5.74, 6) is -0.0383. The van der Waals surface area contributed by atoms with E-state index in [9.17, 15) is 13.2 Å². The molecule has 2 aliphatic rings. The Kier molecular flexibility index (Phi) is 3.08. The predicted molar refractivity (Wildman–Crippen MR) is 69.8 cm³/mol.